The molecule has 1 aliphatic heterocycles. The Balaban J connectivity index is 1.61. The molecule has 0 bridgehead atoms. The molecular weight excluding hydrogens is 441 g/mol. The van der Waals surface area contributed by atoms with Crippen molar-refractivity contribution in [3.05, 3.63) is 57.6 Å². The van der Waals surface area contributed by atoms with Gasteiger partial charge in [0.1, 0.15) is 0 Å². The summed E-state index contributed by atoms with van der Waals surface area (Å²) < 4.78 is 6.46. The minimum Gasteiger partial charge on any atom is -0.379 e. The van der Waals surface area contributed by atoms with Gasteiger partial charge in [-0.3, -0.25) is 14.6 Å². The molecule has 2 aromatic carbocycles. The number of halogens is 2. The molecule has 1 fully saturated rings. The number of carbonyl (C=O) groups excluding carboxylic acids is 1. The zero-order chi connectivity index (χ0) is 21.1. The summed E-state index contributed by atoms with van der Waals surface area (Å²) in [6.07, 6.45) is 0.235. The third-order valence-corrected chi connectivity index (χ3v) is 7.13. The second kappa shape index (κ2) is 9.62. The van der Waals surface area contributed by atoms with Gasteiger partial charge in [-0.05, 0) is 36.2 Å². The lowest BCUT2D eigenvalue weighted by Crippen LogP contribution is -2.43. The number of thiazole rings is 1. The molecule has 1 saturated heterocycles. The van der Waals surface area contributed by atoms with Crippen molar-refractivity contribution in [1.82, 2.24) is 9.88 Å². The van der Waals surface area contributed by atoms with Crippen molar-refractivity contribution in [3.8, 4) is 0 Å². The first-order valence-electron chi connectivity index (χ1n) is 9.92. The van der Waals surface area contributed by atoms with Crippen molar-refractivity contribution in [3.63, 3.8) is 0 Å². The van der Waals surface area contributed by atoms with Crippen molar-refractivity contribution in [2.75, 3.05) is 44.3 Å². The van der Waals surface area contributed by atoms with E-state index in [1.54, 1.807) is 4.90 Å². The van der Waals surface area contributed by atoms with Crippen molar-refractivity contribution in [2.24, 2.45) is 0 Å². The Morgan fingerprint density at radius 3 is 2.70 bits per heavy atom. The van der Waals surface area contributed by atoms with Crippen LogP contribution in [-0.2, 0) is 16.0 Å². The van der Waals surface area contributed by atoms with Gasteiger partial charge in [0.05, 0.1) is 29.9 Å². The Morgan fingerprint density at radius 1 is 1.17 bits per heavy atom. The third-order valence-electron chi connectivity index (χ3n) is 5.31. The Bertz CT molecular complexity index is 1050. The standard InChI is InChI=1S/C22H23Cl2N3O2S/c1-15-17(23)6-7-19-21(15)25-22(30-19)27(9-8-26-10-12-29-13-11-26)20(28)14-16-4-2-3-5-18(16)24/h2-7H,8-14H2,1H3. The molecule has 2 heterocycles. The molecule has 3 aromatic rings. The van der Waals surface area contributed by atoms with Crippen LogP contribution in [-0.4, -0.2) is 55.2 Å². The Labute approximate surface area is 190 Å². The second-order valence-electron chi connectivity index (χ2n) is 7.28. The van der Waals surface area contributed by atoms with Gasteiger partial charge in [-0.2, -0.15) is 0 Å². The van der Waals surface area contributed by atoms with E-state index in [2.05, 4.69) is 4.90 Å². The lowest BCUT2D eigenvalue weighted by Gasteiger charge is -2.29. The number of hydrogen-bond donors (Lipinski definition) is 0. The SMILES string of the molecule is Cc1c(Cl)ccc2sc(N(CCN3CCOCC3)C(=O)Cc3ccccc3Cl)nc12. The van der Waals surface area contributed by atoms with Crippen LogP contribution in [0.3, 0.4) is 0 Å². The number of ether oxygens (including phenoxy) is 1. The lowest BCUT2D eigenvalue weighted by atomic mass is 10.1. The quantitative estimate of drug-likeness (QED) is 0.525. The molecule has 0 spiro atoms. The molecule has 30 heavy (non-hydrogen) atoms. The fourth-order valence-electron chi connectivity index (χ4n) is 3.50. The van der Waals surface area contributed by atoms with Gasteiger partial charge in [0.25, 0.3) is 0 Å². The number of fused-ring (bicyclic) bond motifs is 1. The first-order valence-corrected chi connectivity index (χ1v) is 11.5. The Hall–Kier alpha value is -1.70. The first kappa shape index (κ1) is 21.5. The summed E-state index contributed by atoms with van der Waals surface area (Å²) in [5.74, 6) is -0.0147. The molecule has 0 radical (unpaired) electrons. The number of aromatic nitrogens is 1. The minimum absolute atomic E-state index is 0.0147. The minimum atomic E-state index is -0.0147. The van der Waals surface area contributed by atoms with E-state index in [1.807, 2.05) is 43.3 Å². The summed E-state index contributed by atoms with van der Waals surface area (Å²) in [6, 6.07) is 11.3. The average molecular weight is 464 g/mol. The molecule has 5 nitrogen and oxygen atoms in total. The number of morpholine rings is 1. The summed E-state index contributed by atoms with van der Waals surface area (Å²) in [5.41, 5.74) is 2.61. The van der Waals surface area contributed by atoms with Gasteiger partial charge in [0, 0.05) is 36.2 Å². The normalized spacial score (nSPS) is 14.9. The van der Waals surface area contributed by atoms with E-state index in [0.29, 0.717) is 21.7 Å². The Kier molecular flexibility index (Phi) is 6.91. The Morgan fingerprint density at radius 2 is 1.93 bits per heavy atom. The van der Waals surface area contributed by atoms with E-state index >= 15 is 0 Å². The van der Waals surface area contributed by atoms with Crippen molar-refractivity contribution >= 4 is 55.8 Å². The number of benzene rings is 2. The maximum atomic E-state index is 13.3. The van der Waals surface area contributed by atoms with Crippen LogP contribution < -0.4 is 4.90 Å². The molecule has 8 heteroatoms. The maximum Gasteiger partial charge on any atom is 0.233 e. The molecule has 0 N–H and O–H groups in total. The molecule has 0 aliphatic carbocycles. The molecule has 0 saturated carbocycles. The first-order chi connectivity index (χ1) is 14.5. The second-order valence-corrected chi connectivity index (χ2v) is 9.11. The third kappa shape index (κ3) is 4.79. The predicted octanol–water partition coefficient (Wildman–Crippen LogP) is 4.82. The fourth-order valence-corrected chi connectivity index (χ4v) is 4.92. The maximum absolute atomic E-state index is 13.3. The highest BCUT2D eigenvalue weighted by Crippen LogP contribution is 2.34. The molecule has 1 aromatic heterocycles. The number of hydrogen-bond acceptors (Lipinski definition) is 5. The predicted molar refractivity (Wildman–Crippen MR) is 124 cm³/mol. The van der Waals surface area contributed by atoms with Gasteiger partial charge in [-0.15, -0.1) is 0 Å². The molecule has 0 atom stereocenters. The van der Waals surface area contributed by atoms with Gasteiger partial charge < -0.3 is 4.74 Å². The molecule has 0 unspecified atom stereocenters. The number of rotatable bonds is 6. The van der Waals surface area contributed by atoms with Crippen molar-refractivity contribution in [2.45, 2.75) is 13.3 Å². The summed E-state index contributed by atoms with van der Waals surface area (Å²) in [6.45, 7) is 6.50. The summed E-state index contributed by atoms with van der Waals surface area (Å²) >= 11 is 14.1. The summed E-state index contributed by atoms with van der Waals surface area (Å²) in [4.78, 5) is 22.2. The largest absolute Gasteiger partial charge is 0.379 e. The number of amides is 1. The van der Waals surface area contributed by atoms with Gasteiger partial charge in [-0.1, -0.05) is 52.7 Å². The zero-order valence-electron chi connectivity index (χ0n) is 16.7. The molecule has 1 aliphatic rings. The number of nitrogens with zero attached hydrogens (tertiary/aromatic N) is 3. The van der Waals surface area contributed by atoms with Crippen LogP contribution in [0.1, 0.15) is 11.1 Å². The smallest absolute Gasteiger partial charge is 0.233 e. The fraction of sp³-hybridized carbons (Fsp3) is 0.364. The van der Waals surface area contributed by atoms with E-state index in [0.717, 1.165) is 54.2 Å². The van der Waals surface area contributed by atoms with Crippen LogP contribution in [0.25, 0.3) is 10.2 Å². The van der Waals surface area contributed by atoms with E-state index in [9.17, 15) is 4.79 Å². The van der Waals surface area contributed by atoms with Crippen LogP contribution in [0.4, 0.5) is 5.13 Å². The van der Waals surface area contributed by atoms with E-state index in [4.69, 9.17) is 32.9 Å². The van der Waals surface area contributed by atoms with Crippen molar-refractivity contribution in [1.29, 1.82) is 0 Å². The highest BCUT2D eigenvalue weighted by atomic mass is 35.5. The highest BCUT2D eigenvalue weighted by molar-refractivity contribution is 7.22. The summed E-state index contributed by atoms with van der Waals surface area (Å²) in [7, 11) is 0. The van der Waals surface area contributed by atoms with E-state index in [-0.39, 0.29) is 12.3 Å². The number of anilines is 1. The van der Waals surface area contributed by atoms with Crippen LogP contribution in [0.15, 0.2) is 36.4 Å². The van der Waals surface area contributed by atoms with Gasteiger partial charge >= 0.3 is 0 Å². The van der Waals surface area contributed by atoms with Crippen LogP contribution in [0, 0.1) is 6.92 Å². The van der Waals surface area contributed by atoms with Gasteiger partial charge in [0.15, 0.2) is 5.13 Å². The molecule has 158 valence electrons. The van der Waals surface area contributed by atoms with Crippen LogP contribution in [0.5, 0.6) is 0 Å². The monoisotopic (exact) mass is 463 g/mol. The zero-order valence-corrected chi connectivity index (χ0v) is 19.1. The van der Waals surface area contributed by atoms with E-state index < -0.39 is 0 Å². The molecule has 1 amide bonds. The topological polar surface area (TPSA) is 45.7 Å². The summed E-state index contributed by atoms with van der Waals surface area (Å²) in [5, 5.41) is 1.98. The van der Waals surface area contributed by atoms with E-state index in [1.165, 1.54) is 11.3 Å². The van der Waals surface area contributed by atoms with Crippen molar-refractivity contribution < 1.29 is 9.53 Å². The van der Waals surface area contributed by atoms with Crippen LogP contribution >= 0.6 is 34.5 Å². The molecular formula is C22H23Cl2N3O2S. The number of aryl methyl sites for hydroxylation is 1. The van der Waals surface area contributed by atoms with Crippen LogP contribution in [0.2, 0.25) is 10.0 Å². The number of carbonyl (C=O) groups is 1. The van der Waals surface area contributed by atoms with Gasteiger partial charge in [0.2, 0.25) is 5.91 Å². The van der Waals surface area contributed by atoms with Gasteiger partial charge in [-0.25, -0.2) is 4.98 Å². The highest BCUT2D eigenvalue weighted by Gasteiger charge is 2.23. The molecule has 4 rings (SSSR count). The average Bonchev–Trinajstić information content (AvgIpc) is 3.18. The lowest BCUT2D eigenvalue weighted by molar-refractivity contribution is -0.118.